The molecule has 0 aliphatic heterocycles. The summed E-state index contributed by atoms with van der Waals surface area (Å²) < 4.78 is 17.8. The van der Waals surface area contributed by atoms with Crippen LogP contribution < -0.4 is 0 Å². The van der Waals surface area contributed by atoms with Crippen molar-refractivity contribution in [1.82, 2.24) is 0 Å². The fraction of sp³-hybridized carbons (Fsp3) is 0.0714. The van der Waals surface area contributed by atoms with E-state index in [9.17, 15) is 9.18 Å². The minimum absolute atomic E-state index is 0.0876. The highest BCUT2D eigenvalue weighted by molar-refractivity contribution is 6.33. The Kier molecular flexibility index (Phi) is 3.95. The molecule has 0 N–H and O–H groups in total. The van der Waals surface area contributed by atoms with Crippen LogP contribution in [0.3, 0.4) is 0 Å². The Morgan fingerprint density at radius 1 is 1.11 bits per heavy atom. The molecule has 4 heteroatoms. The van der Waals surface area contributed by atoms with Crippen molar-refractivity contribution < 1.29 is 13.9 Å². The van der Waals surface area contributed by atoms with Gasteiger partial charge in [0.2, 0.25) is 0 Å². The van der Waals surface area contributed by atoms with Crippen LogP contribution in [0.25, 0.3) is 0 Å². The van der Waals surface area contributed by atoms with Gasteiger partial charge in [0.25, 0.3) is 0 Å². The number of ether oxygens (including phenoxy) is 1. The SMILES string of the molecule is O=C(OCc1ccc(F)cc1)c1ccccc1Cl. The third-order valence-electron chi connectivity index (χ3n) is 2.38. The van der Waals surface area contributed by atoms with Gasteiger partial charge in [-0.05, 0) is 29.8 Å². The number of carbonyl (C=O) groups excluding carboxylic acids is 1. The normalized spacial score (nSPS) is 10.1. The Balaban J connectivity index is 2.01. The van der Waals surface area contributed by atoms with Crippen LogP contribution in [0, 0.1) is 5.82 Å². The summed E-state index contributed by atoms with van der Waals surface area (Å²) in [4.78, 5) is 11.7. The van der Waals surface area contributed by atoms with Gasteiger partial charge in [0.15, 0.2) is 0 Å². The maximum absolute atomic E-state index is 12.7. The molecular formula is C14H10ClFO2. The van der Waals surface area contributed by atoms with E-state index in [2.05, 4.69) is 0 Å². The zero-order valence-corrected chi connectivity index (χ0v) is 10.2. The van der Waals surface area contributed by atoms with Crippen molar-refractivity contribution in [2.24, 2.45) is 0 Å². The molecule has 2 nitrogen and oxygen atoms in total. The van der Waals surface area contributed by atoms with Crippen LogP contribution >= 0.6 is 11.6 Å². The van der Waals surface area contributed by atoms with Crippen molar-refractivity contribution in [3.8, 4) is 0 Å². The van der Waals surface area contributed by atoms with E-state index in [0.29, 0.717) is 10.6 Å². The lowest BCUT2D eigenvalue weighted by molar-refractivity contribution is 0.0473. The predicted molar refractivity (Wildman–Crippen MR) is 67.0 cm³/mol. The molecule has 0 aliphatic carbocycles. The second-order valence-electron chi connectivity index (χ2n) is 3.68. The van der Waals surface area contributed by atoms with E-state index in [1.54, 1.807) is 36.4 Å². The first-order chi connectivity index (χ1) is 8.66. The molecule has 0 unspecified atom stereocenters. The van der Waals surface area contributed by atoms with E-state index in [-0.39, 0.29) is 12.4 Å². The van der Waals surface area contributed by atoms with Gasteiger partial charge in [0, 0.05) is 0 Å². The van der Waals surface area contributed by atoms with Gasteiger partial charge in [0.1, 0.15) is 12.4 Å². The molecule has 0 radical (unpaired) electrons. The van der Waals surface area contributed by atoms with Gasteiger partial charge in [0.05, 0.1) is 10.6 Å². The molecule has 0 atom stereocenters. The molecule has 0 saturated carbocycles. The average Bonchev–Trinajstić information content (AvgIpc) is 2.38. The summed E-state index contributed by atoms with van der Waals surface area (Å²) in [6, 6.07) is 12.4. The highest BCUT2D eigenvalue weighted by Gasteiger charge is 2.10. The maximum Gasteiger partial charge on any atom is 0.339 e. The lowest BCUT2D eigenvalue weighted by Gasteiger charge is -2.06. The van der Waals surface area contributed by atoms with Gasteiger partial charge in [-0.25, -0.2) is 9.18 Å². The Morgan fingerprint density at radius 3 is 2.44 bits per heavy atom. The van der Waals surface area contributed by atoms with Gasteiger partial charge >= 0.3 is 5.97 Å². The van der Waals surface area contributed by atoms with Crippen LogP contribution in [-0.4, -0.2) is 5.97 Å². The van der Waals surface area contributed by atoms with Gasteiger partial charge < -0.3 is 4.74 Å². The molecule has 0 spiro atoms. The van der Waals surface area contributed by atoms with E-state index < -0.39 is 5.97 Å². The first kappa shape index (κ1) is 12.6. The summed E-state index contributed by atoms with van der Waals surface area (Å²) in [6.45, 7) is 0.0876. The number of halogens is 2. The molecule has 92 valence electrons. The second-order valence-corrected chi connectivity index (χ2v) is 4.09. The van der Waals surface area contributed by atoms with E-state index >= 15 is 0 Å². The molecule has 0 saturated heterocycles. The molecule has 0 aromatic heterocycles. The van der Waals surface area contributed by atoms with Crippen LogP contribution in [0.4, 0.5) is 4.39 Å². The maximum atomic E-state index is 12.7. The number of hydrogen-bond acceptors (Lipinski definition) is 2. The number of esters is 1. The highest BCUT2D eigenvalue weighted by Crippen LogP contribution is 2.16. The summed E-state index contributed by atoms with van der Waals surface area (Å²) >= 11 is 5.87. The molecule has 0 fully saturated rings. The second kappa shape index (κ2) is 5.65. The van der Waals surface area contributed by atoms with E-state index in [0.717, 1.165) is 5.56 Å². The van der Waals surface area contributed by atoms with Crippen LogP contribution in [0.2, 0.25) is 5.02 Å². The minimum Gasteiger partial charge on any atom is -0.457 e. The summed E-state index contributed by atoms with van der Waals surface area (Å²) in [7, 11) is 0. The van der Waals surface area contributed by atoms with Crippen molar-refractivity contribution in [3.05, 3.63) is 70.5 Å². The van der Waals surface area contributed by atoms with Gasteiger partial charge in [-0.2, -0.15) is 0 Å². The largest absolute Gasteiger partial charge is 0.457 e. The van der Waals surface area contributed by atoms with Gasteiger partial charge in [-0.3, -0.25) is 0 Å². The van der Waals surface area contributed by atoms with Crippen LogP contribution in [0.15, 0.2) is 48.5 Å². The summed E-state index contributed by atoms with van der Waals surface area (Å²) in [5, 5.41) is 0.349. The third kappa shape index (κ3) is 3.08. The van der Waals surface area contributed by atoms with Crippen LogP contribution in [-0.2, 0) is 11.3 Å². The highest BCUT2D eigenvalue weighted by atomic mass is 35.5. The summed E-state index contributed by atoms with van der Waals surface area (Å²) in [6.07, 6.45) is 0. The molecule has 0 heterocycles. The number of hydrogen-bond donors (Lipinski definition) is 0. The number of rotatable bonds is 3. The zero-order chi connectivity index (χ0) is 13.0. The Bertz CT molecular complexity index is 552. The third-order valence-corrected chi connectivity index (χ3v) is 2.71. The van der Waals surface area contributed by atoms with Crippen molar-refractivity contribution in [2.45, 2.75) is 6.61 Å². The number of carbonyl (C=O) groups is 1. The van der Waals surface area contributed by atoms with Crippen molar-refractivity contribution in [2.75, 3.05) is 0 Å². The zero-order valence-electron chi connectivity index (χ0n) is 9.40. The van der Waals surface area contributed by atoms with Crippen molar-refractivity contribution in [3.63, 3.8) is 0 Å². The Morgan fingerprint density at radius 2 is 1.78 bits per heavy atom. The summed E-state index contributed by atoms with van der Waals surface area (Å²) in [5.74, 6) is -0.818. The van der Waals surface area contributed by atoms with E-state index in [1.807, 2.05) is 0 Å². The fourth-order valence-corrected chi connectivity index (χ4v) is 1.65. The standard InChI is InChI=1S/C14H10ClFO2/c15-13-4-2-1-3-12(13)14(17)18-9-10-5-7-11(16)8-6-10/h1-8H,9H2. The average molecular weight is 265 g/mol. The molecule has 2 aromatic rings. The van der Waals surface area contributed by atoms with Crippen LogP contribution in [0.1, 0.15) is 15.9 Å². The Hall–Kier alpha value is -1.87. The lowest BCUT2D eigenvalue weighted by Crippen LogP contribution is -2.05. The van der Waals surface area contributed by atoms with Crippen molar-refractivity contribution >= 4 is 17.6 Å². The molecule has 0 bridgehead atoms. The monoisotopic (exact) mass is 264 g/mol. The molecule has 18 heavy (non-hydrogen) atoms. The molecule has 2 aromatic carbocycles. The lowest BCUT2D eigenvalue weighted by atomic mass is 10.2. The molecule has 0 aliphatic rings. The van der Waals surface area contributed by atoms with Gasteiger partial charge in [-0.15, -0.1) is 0 Å². The quantitative estimate of drug-likeness (QED) is 0.788. The minimum atomic E-state index is -0.495. The molecule has 0 amide bonds. The first-order valence-electron chi connectivity index (χ1n) is 5.33. The first-order valence-corrected chi connectivity index (χ1v) is 5.71. The molecular weight excluding hydrogens is 255 g/mol. The fourth-order valence-electron chi connectivity index (χ4n) is 1.43. The smallest absolute Gasteiger partial charge is 0.339 e. The molecule has 2 rings (SSSR count). The van der Waals surface area contributed by atoms with Gasteiger partial charge in [-0.1, -0.05) is 35.9 Å². The summed E-state index contributed by atoms with van der Waals surface area (Å²) in [5.41, 5.74) is 1.04. The van der Waals surface area contributed by atoms with E-state index in [4.69, 9.17) is 16.3 Å². The van der Waals surface area contributed by atoms with E-state index in [1.165, 1.54) is 12.1 Å². The topological polar surface area (TPSA) is 26.3 Å². The number of benzene rings is 2. The van der Waals surface area contributed by atoms with Crippen LogP contribution in [0.5, 0.6) is 0 Å². The van der Waals surface area contributed by atoms with Crippen molar-refractivity contribution in [1.29, 1.82) is 0 Å². The predicted octanol–water partition coefficient (Wildman–Crippen LogP) is 3.84. The Labute approximate surface area is 109 Å².